The number of amides is 2. The number of nitrogens with zero attached hydrogens (tertiary/aromatic N) is 2. The maximum atomic E-state index is 13.5. The lowest BCUT2D eigenvalue weighted by molar-refractivity contribution is 0.0488. The predicted molar refractivity (Wildman–Crippen MR) is 137 cm³/mol. The standard InChI is InChI=1S/C26H39FN4O6S/c1-26(2,3)36-25(33)29-16-6-4-15(5-7-16)14-38(34,35)31-18-8-9-19(31)11-17(10-18)28-24(32)22-13-23(37-30-22)20-12-21(20)27/h13,15-21H,4-12,14H2,1-3H3,(H,28,32)(H,29,33)/t15?,16?,17?,18-,19+,20-,21-/m0/s1. The van der Waals surface area contributed by atoms with E-state index in [1.807, 2.05) is 20.8 Å². The Labute approximate surface area is 223 Å². The molecule has 2 amide bonds. The van der Waals surface area contributed by atoms with Gasteiger partial charge in [0.2, 0.25) is 10.0 Å². The summed E-state index contributed by atoms with van der Waals surface area (Å²) in [6.07, 6.45) is 4.70. The van der Waals surface area contributed by atoms with Crippen LogP contribution < -0.4 is 10.6 Å². The van der Waals surface area contributed by atoms with Gasteiger partial charge in [-0.2, -0.15) is 4.31 Å². The van der Waals surface area contributed by atoms with E-state index in [0.29, 0.717) is 25.0 Å². The lowest BCUT2D eigenvalue weighted by atomic mass is 9.87. The molecule has 1 aromatic rings. The monoisotopic (exact) mass is 554 g/mol. The second kappa shape index (κ2) is 10.4. The van der Waals surface area contributed by atoms with Gasteiger partial charge >= 0.3 is 6.09 Å². The average Bonchev–Trinajstić information content (AvgIpc) is 3.21. The van der Waals surface area contributed by atoms with E-state index in [1.54, 1.807) is 4.31 Å². The molecule has 2 N–H and O–H groups in total. The minimum absolute atomic E-state index is 0.00260. The van der Waals surface area contributed by atoms with Crippen LogP contribution in [0.15, 0.2) is 10.6 Å². The van der Waals surface area contributed by atoms with Gasteiger partial charge in [0.05, 0.1) is 11.7 Å². The molecule has 10 nitrogen and oxygen atoms in total. The van der Waals surface area contributed by atoms with E-state index in [-0.39, 0.29) is 53.4 Å². The first-order valence-corrected chi connectivity index (χ1v) is 15.4. The van der Waals surface area contributed by atoms with E-state index in [4.69, 9.17) is 9.26 Å². The summed E-state index contributed by atoms with van der Waals surface area (Å²) in [4.78, 5) is 24.7. The van der Waals surface area contributed by atoms with Crippen LogP contribution in [-0.2, 0) is 14.8 Å². The summed E-state index contributed by atoms with van der Waals surface area (Å²) in [5, 5.41) is 9.69. The van der Waals surface area contributed by atoms with Gasteiger partial charge in [-0.05, 0) is 84.5 Å². The molecular weight excluding hydrogens is 515 g/mol. The molecule has 2 aliphatic heterocycles. The highest BCUT2D eigenvalue weighted by atomic mass is 32.2. The number of halogens is 1. The Morgan fingerprint density at radius 2 is 1.68 bits per heavy atom. The third-order valence-corrected chi connectivity index (χ3v) is 10.3. The molecule has 2 saturated heterocycles. The maximum absolute atomic E-state index is 13.5. The van der Waals surface area contributed by atoms with Crippen LogP contribution in [0.25, 0.3) is 0 Å². The molecular formula is C26H39FN4O6S. The second-order valence-corrected chi connectivity index (χ2v) is 14.4. The molecule has 3 heterocycles. The molecule has 2 aliphatic carbocycles. The van der Waals surface area contributed by atoms with Gasteiger partial charge in [-0.3, -0.25) is 4.79 Å². The fraction of sp³-hybridized carbons (Fsp3) is 0.808. The van der Waals surface area contributed by atoms with Crippen LogP contribution in [-0.4, -0.2) is 71.6 Å². The molecule has 0 aromatic carbocycles. The van der Waals surface area contributed by atoms with Crippen molar-refractivity contribution < 1.29 is 31.7 Å². The van der Waals surface area contributed by atoms with Crippen LogP contribution in [0.1, 0.15) is 101 Å². The summed E-state index contributed by atoms with van der Waals surface area (Å²) < 4.78 is 52.4. The zero-order valence-corrected chi connectivity index (χ0v) is 23.1. The van der Waals surface area contributed by atoms with Gasteiger partial charge in [-0.1, -0.05) is 5.16 Å². The predicted octanol–water partition coefficient (Wildman–Crippen LogP) is 3.64. The first-order chi connectivity index (χ1) is 17.9. The van der Waals surface area contributed by atoms with Crippen molar-refractivity contribution in [2.45, 2.75) is 120 Å². The lowest BCUT2D eigenvalue weighted by Gasteiger charge is -2.39. The highest BCUT2D eigenvalue weighted by Crippen LogP contribution is 2.44. The number of aromatic nitrogens is 1. The number of carbonyl (C=O) groups is 2. The Bertz CT molecular complexity index is 1130. The van der Waals surface area contributed by atoms with Crippen LogP contribution in [0.3, 0.4) is 0 Å². The smallest absolute Gasteiger partial charge is 0.407 e. The van der Waals surface area contributed by atoms with E-state index >= 15 is 0 Å². The van der Waals surface area contributed by atoms with Gasteiger partial charge in [0.1, 0.15) is 17.5 Å². The third kappa shape index (κ3) is 6.32. The van der Waals surface area contributed by atoms with Gasteiger partial charge in [0.15, 0.2) is 5.69 Å². The SMILES string of the molecule is CC(C)(C)OC(=O)NC1CCC(CS(=O)(=O)N2[C@@H]3CC[C@H]2CC(NC(=O)c2cc([C@H]4C[C@@H]4F)on2)C3)CC1. The number of fused-ring (bicyclic) bond motifs is 2. The van der Waals surface area contributed by atoms with E-state index in [1.165, 1.54) is 6.07 Å². The molecule has 1 unspecified atom stereocenters. The molecule has 4 fully saturated rings. The third-order valence-electron chi connectivity index (χ3n) is 8.18. The largest absolute Gasteiger partial charge is 0.444 e. The fourth-order valence-electron chi connectivity index (χ4n) is 6.33. The van der Waals surface area contributed by atoms with E-state index in [0.717, 1.165) is 38.5 Å². The average molecular weight is 555 g/mol. The zero-order valence-electron chi connectivity index (χ0n) is 22.3. The highest BCUT2D eigenvalue weighted by molar-refractivity contribution is 7.89. The number of carbonyl (C=O) groups excluding carboxylic acids is 2. The minimum Gasteiger partial charge on any atom is -0.444 e. The Kier molecular flexibility index (Phi) is 7.49. The number of sulfonamides is 1. The fourth-order valence-corrected chi connectivity index (χ4v) is 8.72. The lowest BCUT2D eigenvalue weighted by Crippen LogP contribution is -2.53. The number of hydrogen-bond acceptors (Lipinski definition) is 7. The summed E-state index contributed by atoms with van der Waals surface area (Å²) in [6.45, 7) is 5.47. The molecule has 0 spiro atoms. The highest BCUT2D eigenvalue weighted by Gasteiger charge is 2.48. The van der Waals surface area contributed by atoms with Crippen molar-refractivity contribution in [1.82, 2.24) is 20.1 Å². The zero-order chi connectivity index (χ0) is 27.2. The van der Waals surface area contributed by atoms with Crippen LogP contribution in [0, 0.1) is 5.92 Å². The Morgan fingerprint density at radius 3 is 2.26 bits per heavy atom. The van der Waals surface area contributed by atoms with Crippen molar-refractivity contribution in [3.05, 3.63) is 17.5 Å². The van der Waals surface area contributed by atoms with Gasteiger partial charge in [0.25, 0.3) is 5.91 Å². The van der Waals surface area contributed by atoms with E-state index in [9.17, 15) is 22.4 Å². The molecule has 4 aliphatic rings. The minimum atomic E-state index is -3.45. The van der Waals surface area contributed by atoms with Crippen molar-refractivity contribution in [2.75, 3.05) is 5.75 Å². The van der Waals surface area contributed by atoms with Crippen molar-refractivity contribution in [3.8, 4) is 0 Å². The number of nitrogens with one attached hydrogen (secondary N) is 2. The van der Waals surface area contributed by atoms with Crippen LogP contribution in [0.4, 0.5) is 9.18 Å². The Balaban J connectivity index is 1.10. The molecule has 12 heteroatoms. The summed E-state index contributed by atoms with van der Waals surface area (Å²) in [6, 6.07) is 1.12. The van der Waals surface area contributed by atoms with Crippen LogP contribution >= 0.6 is 0 Å². The Hall–Kier alpha value is -2.21. The number of piperidine rings is 1. The quantitative estimate of drug-likeness (QED) is 0.526. The molecule has 38 heavy (non-hydrogen) atoms. The number of alkyl carbamates (subject to hydrolysis) is 1. The van der Waals surface area contributed by atoms with Gasteiger partial charge < -0.3 is 19.9 Å². The molecule has 0 radical (unpaired) electrons. The van der Waals surface area contributed by atoms with Gasteiger partial charge in [0, 0.05) is 30.2 Å². The Morgan fingerprint density at radius 1 is 1.05 bits per heavy atom. The van der Waals surface area contributed by atoms with Crippen molar-refractivity contribution in [3.63, 3.8) is 0 Å². The molecule has 2 saturated carbocycles. The number of ether oxygens (including phenoxy) is 1. The van der Waals surface area contributed by atoms with Crippen molar-refractivity contribution >= 4 is 22.0 Å². The summed E-state index contributed by atoms with van der Waals surface area (Å²) in [5.41, 5.74) is -0.417. The second-order valence-electron chi connectivity index (χ2n) is 12.5. The molecule has 1 aromatic heterocycles. The number of rotatable bonds is 7. The first kappa shape index (κ1) is 27.4. The molecule has 212 valence electrons. The number of alkyl halides is 1. The van der Waals surface area contributed by atoms with E-state index in [2.05, 4.69) is 15.8 Å². The van der Waals surface area contributed by atoms with E-state index < -0.39 is 27.9 Å². The van der Waals surface area contributed by atoms with Crippen LogP contribution in [0.5, 0.6) is 0 Å². The van der Waals surface area contributed by atoms with Gasteiger partial charge in [-0.25, -0.2) is 17.6 Å². The van der Waals surface area contributed by atoms with Gasteiger partial charge in [-0.15, -0.1) is 0 Å². The topological polar surface area (TPSA) is 131 Å². The molecule has 2 bridgehead atoms. The maximum Gasteiger partial charge on any atom is 0.407 e. The normalized spacial score (nSPS) is 33.5. The first-order valence-electron chi connectivity index (χ1n) is 13.8. The van der Waals surface area contributed by atoms with Crippen LogP contribution in [0.2, 0.25) is 0 Å². The molecule has 5 rings (SSSR count). The summed E-state index contributed by atoms with van der Waals surface area (Å²) in [7, 11) is -3.45. The van der Waals surface area contributed by atoms with Crippen molar-refractivity contribution in [1.29, 1.82) is 0 Å². The summed E-state index contributed by atoms with van der Waals surface area (Å²) >= 11 is 0. The summed E-state index contributed by atoms with van der Waals surface area (Å²) in [5.74, 6) is -0.0871. The molecule has 5 atom stereocenters. The number of hydrogen-bond donors (Lipinski definition) is 2. The van der Waals surface area contributed by atoms with Crippen molar-refractivity contribution in [2.24, 2.45) is 5.92 Å².